The minimum atomic E-state index is -0.183. The Morgan fingerprint density at radius 3 is 2.79 bits per heavy atom. The average molecular weight is 379 g/mol. The number of rotatable bonds is 8. The number of aryl methyl sites for hydroxylation is 1. The Balaban J connectivity index is 1.62. The van der Waals surface area contributed by atoms with Crippen molar-refractivity contribution < 1.29 is 14.3 Å². The van der Waals surface area contributed by atoms with E-state index in [9.17, 15) is 4.79 Å². The Kier molecular flexibility index (Phi) is 6.32. The van der Waals surface area contributed by atoms with Gasteiger partial charge in [-0.15, -0.1) is 0 Å². The SMILES string of the molecule is CCCOc1ccc(/C=C/C(=O)NCc2nc3ccccc3n2C)cc1OC. The molecule has 1 amide bonds. The number of carbonyl (C=O) groups is 1. The number of amides is 1. The zero-order valence-corrected chi connectivity index (χ0v) is 16.4. The van der Waals surface area contributed by atoms with E-state index in [2.05, 4.69) is 17.2 Å². The highest BCUT2D eigenvalue weighted by molar-refractivity contribution is 5.91. The van der Waals surface area contributed by atoms with Gasteiger partial charge in [0.05, 0.1) is 31.3 Å². The van der Waals surface area contributed by atoms with Crippen LogP contribution in [0.15, 0.2) is 48.5 Å². The zero-order valence-electron chi connectivity index (χ0n) is 16.4. The van der Waals surface area contributed by atoms with E-state index >= 15 is 0 Å². The summed E-state index contributed by atoms with van der Waals surface area (Å²) in [5.74, 6) is 1.97. The van der Waals surface area contributed by atoms with Crippen LogP contribution < -0.4 is 14.8 Å². The summed E-state index contributed by atoms with van der Waals surface area (Å²) in [6, 6.07) is 13.5. The van der Waals surface area contributed by atoms with E-state index in [1.165, 1.54) is 6.08 Å². The molecule has 3 aromatic rings. The number of nitrogens with zero attached hydrogens (tertiary/aromatic N) is 2. The third-order valence-electron chi connectivity index (χ3n) is 4.38. The van der Waals surface area contributed by atoms with E-state index in [1.807, 2.05) is 54.1 Å². The molecule has 0 spiro atoms. The molecule has 2 aromatic carbocycles. The van der Waals surface area contributed by atoms with Gasteiger partial charge in [0.1, 0.15) is 5.82 Å². The summed E-state index contributed by atoms with van der Waals surface area (Å²) in [5.41, 5.74) is 2.82. The van der Waals surface area contributed by atoms with Crippen molar-refractivity contribution in [3.63, 3.8) is 0 Å². The standard InChI is InChI=1S/C22H25N3O3/c1-4-13-28-19-11-9-16(14-20(19)27-3)10-12-22(26)23-15-21-24-17-7-5-6-8-18(17)25(21)2/h5-12,14H,4,13,15H2,1-3H3,(H,23,26)/b12-10+. The van der Waals surface area contributed by atoms with Crippen molar-refractivity contribution in [2.75, 3.05) is 13.7 Å². The van der Waals surface area contributed by atoms with Crippen molar-refractivity contribution in [2.45, 2.75) is 19.9 Å². The van der Waals surface area contributed by atoms with Crippen LogP contribution in [0, 0.1) is 0 Å². The largest absolute Gasteiger partial charge is 0.493 e. The van der Waals surface area contributed by atoms with Gasteiger partial charge in [-0.25, -0.2) is 4.98 Å². The highest BCUT2D eigenvalue weighted by atomic mass is 16.5. The number of aromatic nitrogens is 2. The minimum Gasteiger partial charge on any atom is -0.493 e. The highest BCUT2D eigenvalue weighted by Gasteiger charge is 2.08. The van der Waals surface area contributed by atoms with E-state index < -0.39 is 0 Å². The van der Waals surface area contributed by atoms with Crippen molar-refractivity contribution in [2.24, 2.45) is 7.05 Å². The Labute approximate surface area is 164 Å². The molecule has 1 aromatic heterocycles. The van der Waals surface area contributed by atoms with Gasteiger partial charge in [-0.05, 0) is 42.3 Å². The second-order valence-electron chi connectivity index (χ2n) is 6.39. The van der Waals surface area contributed by atoms with E-state index in [0.717, 1.165) is 28.8 Å². The molecule has 0 aliphatic carbocycles. The molecule has 0 bridgehead atoms. The predicted octanol–water partition coefficient (Wildman–Crippen LogP) is 3.70. The molecular formula is C22H25N3O3. The van der Waals surface area contributed by atoms with Gasteiger partial charge in [0.25, 0.3) is 0 Å². The van der Waals surface area contributed by atoms with Gasteiger partial charge in [-0.2, -0.15) is 0 Å². The molecule has 1 N–H and O–H groups in total. The Hall–Kier alpha value is -3.28. The normalized spacial score (nSPS) is 11.1. The van der Waals surface area contributed by atoms with Crippen molar-refractivity contribution in [1.29, 1.82) is 0 Å². The molecule has 3 rings (SSSR count). The third-order valence-corrected chi connectivity index (χ3v) is 4.38. The van der Waals surface area contributed by atoms with Gasteiger partial charge in [-0.1, -0.05) is 25.1 Å². The maximum Gasteiger partial charge on any atom is 0.244 e. The Bertz CT molecular complexity index is 992. The lowest BCUT2D eigenvalue weighted by Crippen LogP contribution is -2.22. The van der Waals surface area contributed by atoms with Gasteiger partial charge in [0, 0.05) is 13.1 Å². The third kappa shape index (κ3) is 4.52. The number of methoxy groups -OCH3 is 1. The van der Waals surface area contributed by atoms with Crippen LogP contribution in [-0.2, 0) is 18.4 Å². The summed E-state index contributed by atoms with van der Waals surface area (Å²) >= 11 is 0. The maximum absolute atomic E-state index is 12.2. The van der Waals surface area contributed by atoms with Crippen LogP contribution in [0.2, 0.25) is 0 Å². The molecule has 0 fully saturated rings. The molecule has 28 heavy (non-hydrogen) atoms. The smallest absolute Gasteiger partial charge is 0.244 e. The van der Waals surface area contributed by atoms with E-state index in [4.69, 9.17) is 9.47 Å². The minimum absolute atomic E-state index is 0.183. The number of hydrogen-bond donors (Lipinski definition) is 1. The maximum atomic E-state index is 12.2. The molecule has 0 atom stereocenters. The molecule has 0 saturated carbocycles. The second-order valence-corrected chi connectivity index (χ2v) is 6.39. The number of benzene rings is 2. The molecule has 0 unspecified atom stereocenters. The van der Waals surface area contributed by atoms with Crippen molar-refractivity contribution in [3.8, 4) is 11.5 Å². The van der Waals surface area contributed by atoms with Crippen LogP contribution in [0.1, 0.15) is 24.7 Å². The van der Waals surface area contributed by atoms with Crippen LogP contribution >= 0.6 is 0 Å². The molecule has 0 saturated heterocycles. The predicted molar refractivity (Wildman–Crippen MR) is 110 cm³/mol. The fraction of sp³-hybridized carbons (Fsp3) is 0.273. The van der Waals surface area contributed by atoms with Gasteiger partial charge in [0.15, 0.2) is 11.5 Å². The summed E-state index contributed by atoms with van der Waals surface area (Å²) in [6.45, 7) is 3.05. The topological polar surface area (TPSA) is 65.4 Å². The molecule has 6 nitrogen and oxygen atoms in total. The van der Waals surface area contributed by atoms with Crippen LogP contribution in [-0.4, -0.2) is 29.2 Å². The van der Waals surface area contributed by atoms with E-state index in [0.29, 0.717) is 24.7 Å². The number of hydrogen-bond acceptors (Lipinski definition) is 4. The molecular weight excluding hydrogens is 354 g/mol. The Morgan fingerprint density at radius 2 is 2.04 bits per heavy atom. The first-order valence-electron chi connectivity index (χ1n) is 9.29. The van der Waals surface area contributed by atoms with Gasteiger partial charge in [0.2, 0.25) is 5.91 Å². The number of ether oxygens (including phenoxy) is 2. The lowest BCUT2D eigenvalue weighted by molar-refractivity contribution is -0.116. The molecule has 0 radical (unpaired) electrons. The summed E-state index contributed by atoms with van der Waals surface area (Å²) in [5, 5.41) is 2.87. The molecule has 0 aliphatic heterocycles. The number of para-hydroxylation sites is 2. The molecule has 1 heterocycles. The fourth-order valence-electron chi connectivity index (χ4n) is 2.87. The Morgan fingerprint density at radius 1 is 1.21 bits per heavy atom. The summed E-state index contributed by atoms with van der Waals surface area (Å²) in [7, 11) is 3.55. The molecule has 6 heteroatoms. The lowest BCUT2D eigenvalue weighted by atomic mass is 10.2. The number of carbonyl (C=O) groups excluding carboxylic acids is 1. The van der Waals surface area contributed by atoms with Crippen molar-refractivity contribution >= 4 is 23.0 Å². The van der Waals surface area contributed by atoms with Crippen LogP contribution in [0.25, 0.3) is 17.1 Å². The van der Waals surface area contributed by atoms with Crippen LogP contribution in [0.5, 0.6) is 11.5 Å². The average Bonchev–Trinajstić information content (AvgIpc) is 3.05. The summed E-state index contributed by atoms with van der Waals surface area (Å²) < 4.78 is 13.0. The van der Waals surface area contributed by atoms with Gasteiger partial charge in [-0.3, -0.25) is 4.79 Å². The van der Waals surface area contributed by atoms with E-state index in [1.54, 1.807) is 13.2 Å². The summed E-state index contributed by atoms with van der Waals surface area (Å²) in [4.78, 5) is 16.7. The highest BCUT2D eigenvalue weighted by Crippen LogP contribution is 2.28. The first-order valence-corrected chi connectivity index (χ1v) is 9.29. The number of imidazole rings is 1. The number of nitrogens with one attached hydrogen (secondary N) is 1. The number of fused-ring (bicyclic) bond motifs is 1. The molecule has 0 aliphatic rings. The van der Waals surface area contributed by atoms with Crippen molar-refractivity contribution in [1.82, 2.24) is 14.9 Å². The second kappa shape index (κ2) is 9.08. The van der Waals surface area contributed by atoms with E-state index in [-0.39, 0.29) is 5.91 Å². The first-order chi connectivity index (χ1) is 13.6. The summed E-state index contributed by atoms with van der Waals surface area (Å²) in [6.07, 6.45) is 4.18. The fourth-order valence-corrected chi connectivity index (χ4v) is 2.87. The van der Waals surface area contributed by atoms with Gasteiger partial charge < -0.3 is 19.4 Å². The monoisotopic (exact) mass is 379 g/mol. The molecule has 146 valence electrons. The van der Waals surface area contributed by atoms with Crippen LogP contribution in [0.3, 0.4) is 0 Å². The van der Waals surface area contributed by atoms with Crippen molar-refractivity contribution in [3.05, 3.63) is 59.9 Å². The van der Waals surface area contributed by atoms with Crippen LogP contribution in [0.4, 0.5) is 0 Å². The zero-order chi connectivity index (χ0) is 19.9. The quantitative estimate of drug-likeness (QED) is 0.606. The first kappa shape index (κ1) is 19.5. The van der Waals surface area contributed by atoms with Gasteiger partial charge >= 0.3 is 0 Å². The lowest BCUT2D eigenvalue weighted by Gasteiger charge is -2.10.